The standard InChI is InChI=1S/C24H18S3/c1-4-10-19(11-5-1)25-22-16-17-23(26-20-12-6-2-7-13-20)24(18-22)27-21-14-8-3-9-15-21/h1-18H. The third-order valence-electron chi connectivity index (χ3n) is 3.84. The number of rotatable bonds is 6. The molecule has 0 fully saturated rings. The van der Waals surface area contributed by atoms with Crippen LogP contribution in [-0.4, -0.2) is 0 Å². The monoisotopic (exact) mass is 402 g/mol. The Labute approximate surface area is 173 Å². The molecule has 4 rings (SSSR count). The molecule has 0 saturated heterocycles. The lowest BCUT2D eigenvalue weighted by Gasteiger charge is -2.11. The van der Waals surface area contributed by atoms with E-state index in [-0.39, 0.29) is 0 Å². The van der Waals surface area contributed by atoms with E-state index in [0.29, 0.717) is 0 Å². The maximum absolute atomic E-state index is 2.31. The van der Waals surface area contributed by atoms with Gasteiger partial charge in [0.15, 0.2) is 0 Å². The van der Waals surface area contributed by atoms with Crippen LogP contribution in [0.4, 0.5) is 0 Å². The minimum Gasteiger partial charge on any atom is -0.0901 e. The van der Waals surface area contributed by atoms with Crippen LogP contribution in [-0.2, 0) is 0 Å². The SMILES string of the molecule is c1ccc(Sc2ccc(Sc3ccccc3)c(Sc3ccccc3)c2)cc1. The predicted octanol–water partition coefficient (Wildman–Crippen LogP) is 8.14. The molecule has 27 heavy (non-hydrogen) atoms. The summed E-state index contributed by atoms with van der Waals surface area (Å²) in [6, 6.07) is 38.4. The predicted molar refractivity (Wildman–Crippen MR) is 118 cm³/mol. The molecule has 0 aliphatic rings. The van der Waals surface area contributed by atoms with Crippen molar-refractivity contribution in [2.45, 2.75) is 29.4 Å². The van der Waals surface area contributed by atoms with Gasteiger partial charge < -0.3 is 0 Å². The average Bonchev–Trinajstić information content (AvgIpc) is 2.72. The van der Waals surface area contributed by atoms with Crippen LogP contribution in [0.1, 0.15) is 0 Å². The second kappa shape index (κ2) is 9.23. The summed E-state index contributed by atoms with van der Waals surface area (Å²) in [4.78, 5) is 7.61. The van der Waals surface area contributed by atoms with E-state index in [1.165, 1.54) is 29.4 Å². The molecule has 0 saturated carbocycles. The maximum Gasteiger partial charge on any atom is 0.0273 e. The fourth-order valence-corrected chi connectivity index (χ4v) is 5.52. The molecule has 0 amide bonds. The number of benzene rings is 4. The molecule has 4 aromatic carbocycles. The highest BCUT2D eigenvalue weighted by molar-refractivity contribution is 8.02. The van der Waals surface area contributed by atoms with Crippen molar-refractivity contribution in [3.8, 4) is 0 Å². The van der Waals surface area contributed by atoms with Gasteiger partial charge in [-0.15, -0.1) is 0 Å². The first-order chi connectivity index (χ1) is 13.4. The van der Waals surface area contributed by atoms with Crippen molar-refractivity contribution in [2.24, 2.45) is 0 Å². The van der Waals surface area contributed by atoms with Crippen molar-refractivity contribution in [1.82, 2.24) is 0 Å². The summed E-state index contributed by atoms with van der Waals surface area (Å²) in [5, 5.41) is 0. The molecule has 0 spiro atoms. The van der Waals surface area contributed by atoms with Crippen molar-refractivity contribution in [3.05, 3.63) is 109 Å². The summed E-state index contributed by atoms with van der Waals surface area (Å²) >= 11 is 5.45. The fraction of sp³-hybridized carbons (Fsp3) is 0. The minimum atomic E-state index is 1.26. The molecular weight excluding hydrogens is 384 g/mol. The van der Waals surface area contributed by atoms with Gasteiger partial charge in [-0.1, -0.05) is 89.9 Å². The Kier molecular flexibility index (Phi) is 6.25. The Morgan fingerprint density at radius 2 is 0.778 bits per heavy atom. The second-order valence-electron chi connectivity index (χ2n) is 5.85. The van der Waals surface area contributed by atoms with Gasteiger partial charge in [-0.2, -0.15) is 0 Å². The van der Waals surface area contributed by atoms with E-state index < -0.39 is 0 Å². The molecule has 0 bridgehead atoms. The molecule has 0 heterocycles. The Balaban J connectivity index is 1.65. The summed E-state index contributed by atoms with van der Waals surface area (Å²) in [5.41, 5.74) is 0. The van der Waals surface area contributed by atoms with Crippen molar-refractivity contribution in [1.29, 1.82) is 0 Å². The number of hydrogen-bond acceptors (Lipinski definition) is 3. The second-order valence-corrected chi connectivity index (χ2v) is 9.23. The zero-order chi connectivity index (χ0) is 18.3. The van der Waals surface area contributed by atoms with E-state index in [4.69, 9.17) is 0 Å². The van der Waals surface area contributed by atoms with Crippen molar-refractivity contribution < 1.29 is 0 Å². The van der Waals surface area contributed by atoms with Crippen LogP contribution in [0.2, 0.25) is 0 Å². The smallest absolute Gasteiger partial charge is 0.0273 e. The van der Waals surface area contributed by atoms with Gasteiger partial charge in [-0.3, -0.25) is 0 Å². The van der Waals surface area contributed by atoms with E-state index in [1.54, 1.807) is 11.8 Å². The van der Waals surface area contributed by atoms with Gasteiger partial charge in [-0.25, -0.2) is 0 Å². The van der Waals surface area contributed by atoms with Crippen molar-refractivity contribution in [3.63, 3.8) is 0 Å². The molecule has 0 atom stereocenters. The van der Waals surface area contributed by atoms with E-state index in [9.17, 15) is 0 Å². The highest BCUT2D eigenvalue weighted by Crippen LogP contribution is 2.41. The third kappa shape index (κ3) is 5.23. The average molecular weight is 403 g/mol. The van der Waals surface area contributed by atoms with Crippen LogP contribution >= 0.6 is 35.3 Å². The molecule has 0 N–H and O–H groups in total. The van der Waals surface area contributed by atoms with Crippen LogP contribution < -0.4 is 0 Å². The molecular formula is C24H18S3. The molecule has 132 valence electrons. The van der Waals surface area contributed by atoms with E-state index >= 15 is 0 Å². The summed E-state index contributed by atoms with van der Waals surface area (Å²) < 4.78 is 0. The number of hydrogen-bond donors (Lipinski definition) is 0. The molecule has 0 radical (unpaired) electrons. The van der Waals surface area contributed by atoms with Gasteiger partial charge in [-0.05, 0) is 54.6 Å². The summed E-state index contributed by atoms with van der Waals surface area (Å²) in [5.74, 6) is 0. The highest BCUT2D eigenvalue weighted by atomic mass is 32.2. The van der Waals surface area contributed by atoms with E-state index in [0.717, 1.165) is 0 Å². The quantitative estimate of drug-likeness (QED) is 0.319. The highest BCUT2D eigenvalue weighted by Gasteiger charge is 2.09. The van der Waals surface area contributed by atoms with E-state index in [1.807, 2.05) is 23.5 Å². The lowest BCUT2D eigenvalue weighted by Crippen LogP contribution is -1.83. The Morgan fingerprint density at radius 3 is 1.30 bits per heavy atom. The lowest BCUT2D eigenvalue weighted by atomic mass is 10.3. The van der Waals surface area contributed by atoms with Crippen LogP contribution in [0.3, 0.4) is 0 Å². The molecule has 3 heteroatoms. The molecule has 0 aromatic heterocycles. The summed E-state index contributed by atoms with van der Waals surface area (Å²) in [7, 11) is 0. The Hall–Kier alpha value is -2.07. The topological polar surface area (TPSA) is 0 Å². The minimum absolute atomic E-state index is 1.26. The van der Waals surface area contributed by atoms with Gasteiger partial charge in [0, 0.05) is 29.4 Å². The zero-order valence-corrected chi connectivity index (χ0v) is 17.1. The first-order valence-corrected chi connectivity index (χ1v) is 11.1. The first kappa shape index (κ1) is 18.3. The molecule has 0 unspecified atom stereocenters. The molecule has 0 nitrogen and oxygen atoms in total. The zero-order valence-electron chi connectivity index (χ0n) is 14.6. The largest absolute Gasteiger partial charge is 0.0901 e. The Bertz CT molecular complexity index is 984. The van der Waals surface area contributed by atoms with Crippen LogP contribution in [0.25, 0.3) is 0 Å². The van der Waals surface area contributed by atoms with Gasteiger partial charge in [0.2, 0.25) is 0 Å². The maximum atomic E-state index is 2.31. The van der Waals surface area contributed by atoms with Crippen molar-refractivity contribution >= 4 is 35.3 Å². The van der Waals surface area contributed by atoms with Crippen LogP contribution in [0.15, 0.2) is 139 Å². The van der Waals surface area contributed by atoms with Crippen molar-refractivity contribution in [2.75, 3.05) is 0 Å². The van der Waals surface area contributed by atoms with Gasteiger partial charge in [0.1, 0.15) is 0 Å². The molecule has 4 aromatic rings. The normalized spacial score (nSPS) is 10.7. The fourth-order valence-electron chi connectivity index (χ4n) is 2.57. The summed E-state index contributed by atoms with van der Waals surface area (Å²) in [6.45, 7) is 0. The Morgan fingerprint density at radius 1 is 0.333 bits per heavy atom. The van der Waals surface area contributed by atoms with Gasteiger partial charge >= 0.3 is 0 Å². The van der Waals surface area contributed by atoms with Crippen LogP contribution in [0.5, 0.6) is 0 Å². The molecule has 0 aliphatic heterocycles. The van der Waals surface area contributed by atoms with Gasteiger partial charge in [0.05, 0.1) is 0 Å². The van der Waals surface area contributed by atoms with Gasteiger partial charge in [0.25, 0.3) is 0 Å². The molecule has 0 aliphatic carbocycles. The first-order valence-electron chi connectivity index (χ1n) is 8.69. The van der Waals surface area contributed by atoms with Crippen LogP contribution in [0, 0.1) is 0 Å². The van der Waals surface area contributed by atoms with E-state index in [2.05, 4.69) is 109 Å². The summed E-state index contributed by atoms with van der Waals surface area (Å²) in [6.07, 6.45) is 0. The lowest BCUT2D eigenvalue weighted by molar-refractivity contribution is 1.18. The third-order valence-corrected chi connectivity index (χ3v) is 7.11.